The molecule has 6 heteroatoms. The number of aryl methyl sites for hydroxylation is 1. The summed E-state index contributed by atoms with van der Waals surface area (Å²) in [5.41, 5.74) is 1.08. The van der Waals surface area contributed by atoms with Crippen LogP contribution in [-0.2, 0) is 17.6 Å². The Hall–Kier alpha value is -1.69. The number of likely N-dealkylation sites (tertiary alicyclic amines) is 1. The molecule has 112 valence electrons. The van der Waals surface area contributed by atoms with Crippen LogP contribution < -0.4 is 0 Å². The minimum atomic E-state index is -0.0577. The van der Waals surface area contributed by atoms with Gasteiger partial charge in [0, 0.05) is 13.0 Å². The zero-order valence-corrected chi connectivity index (χ0v) is 12.9. The van der Waals surface area contributed by atoms with E-state index in [1.54, 1.807) is 11.3 Å². The number of aromatic nitrogens is 2. The summed E-state index contributed by atoms with van der Waals surface area (Å²) in [4.78, 5) is 18.9. The smallest absolute Gasteiger partial charge is 0.249 e. The van der Waals surface area contributed by atoms with Crippen molar-refractivity contribution in [3.8, 4) is 0 Å². The van der Waals surface area contributed by atoms with E-state index >= 15 is 0 Å². The first kappa shape index (κ1) is 14.3. The molecule has 0 radical (unpaired) electrons. The lowest BCUT2D eigenvalue weighted by atomic mass is 10.0. The highest BCUT2D eigenvalue weighted by Crippen LogP contribution is 2.30. The van der Waals surface area contributed by atoms with E-state index in [1.807, 2.05) is 28.7 Å². The maximum absolute atomic E-state index is 12.6. The summed E-state index contributed by atoms with van der Waals surface area (Å²) in [6, 6.07) is 1.95. The van der Waals surface area contributed by atoms with Crippen molar-refractivity contribution in [1.82, 2.24) is 15.0 Å². The van der Waals surface area contributed by atoms with Gasteiger partial charge >= 0.3 is 0 Å². The average molecular weight is 305 g/mol. The van der Waals surface area contributed by atoms with E-state index in [0.29, 0.717) is 18.1 Å². The van der Waals surface area contributed by atoms with Gasteiger partial charge in [-0.05, 0) is 41.7 Å². The summed E-state index contributed by atoms with van der Waals surface area (Å²) in [6.45, 7) is 2.77. The Morgan fingerprint density at radius 2 is 2.43 bits per heavy atom. The maximum Gasteiger partial charge on any atom is 0.249 e. The molecule has 0 N–H and O–H groups in total. The maximum atomic E-state index is 12.6. The van der Waals surface area contributed by atoms with Crippen LogP contribution in [0.15, 0.2) is 21.3 Å². The molecule has 1 aliphatic rings. The molecule has 0 aromatic carbocycles. The van der Waals surface area contributed by atoms with Crippen molar-refractivity contribution in [2.24, 2.45) is 0 Å². The molecule has 0 unspecified atom stereocenters. The Kier molecular flexibility index (Phi) is 4.34. The Labute approximate surface area is 128 Å². The molecule has 1 aliphatic heterocycles. The van der Waals surface area contributed by atoms with E-state index in [4.69, 9.17) is 4.52 Å². The van der Waals surface area contributed by atoms with Gasteiger partial charge in [0.1, 0.15) is 6.04 Å². The minimum absolute atomic E-state index is 0.0577. The molecular formula is C15H19N3O2S. The largest absolute Gasteiger partial charge is 0.337 e. The van der Waals surface area contributed by atoms with Crippen LogP contribution in [0.3, 0.4) is 0 Å². The van der Waals surface area contributed by atoms with E-state index in [0.717, 1.165) is 37.8 Å². The number of amides is 1. The summed E-state index contributed by atoms with van der Waals surface area (Å²) in [7, 11) is 0. The number of piperidine rings is 1. The molecule has 2 aromatic heterocycles. The van der Waals surface area contributed by atoms with E-state index in [1.165, 1.54) is 0 Å². The molecule has 0 bridgehead atoms. The summed E-state index contributed by atoms with van der Waals surface area (Å²) in [5, 5.41) is 7.99. The van der Waals surface area contributed by atoms with Gasteiger partial charge < -0.3 is 9.42 Å². The molecule has 1 saturated heterocycles. The number of hydrogen-bond donors (Lipinski definition) is 0. The van der Waals surface area contributed by atoms with Crippen molar-refractivity contribution in [1.29, 1.82) is 0 Å². The van der Waals surface area contributed by atoms with Crippen LogP contribution in [0.4, 0.5) is 0 Å². The fourth-order valence-corrected chi connectivity index (χ4v) is 3.37. The lowest BCUT2D eigenvalue weighted by Crippen LogP contribution is -2.39. The van der Waals surface area contributed by atoms with Gasteiger partial charge in [0.05, 0.1) is 6.42 Å². The van der Waals surface area contributed by atoms with Gasteiger partial charge in [0.15, 0.2) is 5.82 Å². The second-order valence-corrected chi connectivity index (χ2v) is 6.09. The predicted molar refractivity (Wildman–Crippen MR) is 80.0 cm³/mol. The van der Waals surface area contributed by atoms with Crippen molar-refractivity contribution < 1.29 is 9.32 Å². The van der Waals surface area contributed by atoms with Gasteiger partial charge in [-0.25, -0.2) is 0 Å². The molecule has 3 rings (SSSR count). The standard InChI is InChI=1S/C15H19N3O2S/c1-2-13-16-15(20-17-13)12-5-3-4-7-18(12)14(19)9-11-6-8-21-10-11/h6,8,10,12H,2-5,7,9H2,1H3/t12-/m0/s1. The lowest BCUT2D eigenvalue weighted by molar-refractivity contribution is -0.135. The summed E-state index contributed by atoms with van der Waals surface area (Å²) in [6.07, 6.45) is 4.24. The normalized spacial score (nSPS) is 18.9. The molecule has 0 aliphatic carbocycles. The fraction of sp³-hybridized carbons (Fsp3) is 0.533. The zero-order valence-electron chi connectivity index (χ0n) is 12.1. The van der Waals surface area contributed by atoms with E-state index in [2.05, 4.69) is 10.1 Å². The average Bonchev–Trinajstić information content (AvgIpc) is 3.18. The summed E-state index contributed by atoms with van der Waals surface area (Å²) in [5.74, 6) is 1.44. The molecule has 0 saturated carbocycles. The van der Waals surface area contributed by atoms with Crippen LogP contribution in [-0.4, -0.2) is 27.5 Å². The minimum Gasteiger partial charge on any atom is -0.337 e. The second-order valence-electron chi connectivity index (χ2n) is 5.31. The topological polar surface area (TPSA) is 59.2 Å². The highest BCUT2D eigenvalue weighted by atomic mass is 32.1. The molecule has 21 heavy (non-hydrogen) atoms. The predicted octanol–water partition coefficient (Wildman–Crippen LogP) is 2.99. The Morgan fingerprint density at radius 3 is 3.14 bits per heavy atom. The molecule has 1 amide bonds. The third-order valence-electron chi connectivity index (χ3n) is 3.84. The highest BCUT2D eigenvalue weighted by Gasteiger charge is 2.31. The first-order chi connectivity index (χ1) is 10.3. The molecule has 1 atom stereocenters. The van der Waals surface area contributed by atoms with Gasteiger partial charge in [-0.15, -0.1) is 0 Å². The Balaban J connectivity index is 1.76. The van der Waals surface area contributed by atoms with Crippen LogP contribution in [0.5, 0.6) is 0 Å². The second kappa shape index (κ2) is 6.39. The van der Waals surface area contributed by atoms with Crippen LogP contribution in [0.25, 0.3) is 0 Å². The molecular weight excluding hydrogens is 286 g/mol. The van der Waals surface area contributed by atoms with Gasteiger partial charge in [0.2, 0.25) is 11.8 Å². The zero-order chi connectivity index (χ0) is 14.7. The quantitative estimate of drug-likeness (QED) is 0.871. The van der Waals surface area contributed by atoms with E-state index < -0.39 is 0 Å². The fourth-order valence-electron chi connectivity index (χ4n) is 2.70. The number of thiophene rings is 1. The molecule has 0 spiro atoms. The van der Waals surface area contributed by atoms with E-state index in [-0.39, 0.29) is 11.9 Å². The summed E-state index contributed by atoms with van der Waals surface area (Å²) < 4.78 is 5.36. The Bertz CT molecular complexity index is 594. The van der Waals surface area contributed by atoms with Crippen molar-refractivity contribution in [2.75, 3.05) is 6.54 Å². The SMILES string of the molecule is CCc1noc([C@@H]2CCCCN2C(=O)Cc2ccsc2)n1. The van der Waals surface area contributed by atoms with Crippen LogP contribution in [0, 0.1) is 0 Å². The van der Waals surface area contributed by atoms with E-state index in [9.17, 15) is 4.79 Å². The number of carbonyl (C=O) groups excluding carboxylic acids is 1. The first-order valence-corrected chi connectivity index (χ1v) is 8.35. The van der Waals surface area contributed by atoms with Gasteiger partial charge in [0.25, 0.3) is 0 Å². The van der Waals surface area contributed by atoms with Gasteiger partial charge in [-0.2, -0.15) is 16.3 Å². The Morgan fingerprint density at radius 1 is 1.52 bits per heavy atom. The van der Waals surface area contributed by atoms with Crippen LogP contribution in [0.1, 0.15) is 49.5 Å². The third-order valence-corrected chi connectivity index (χ3v) is 4.58. The number of hydrogen-bond acceptors (Lipinski definition) is 5. The summed E-state index contributed by atoms with van der Waals surface area (Å²) >= 11 is 1.62. The van der Waals surface area contributed by atoms with Crippen LogP contribution >= 0.6 is 11.3 Å². The monoisotopic (exact) mass is 305 g/mol. The molecule has 1 fully saturated rings. The highest BCUT2D eigenvalue weighted by molar-refractivity contribution is 7.07. The molecule has 5 nitrogen and oxygen atoms in total. The van der Waals surface area contributed by atoms with Crippen LogP contribution in [0.2, 0.25) is 0 Å². The molecule has 2 aromatic rings. The number of nitrogens with zero attached hydrogens (tertiary/aromatic N) is 3. The number of carbonyl (C=O) groups is 1. The number of rotatable bonds is 4. The van der Waals surface area contributed by atoms with Crippen molar-refractivity contribution in [3.05, 3.63) is 34.1 Å². The van der Waals surface area contributed by atoms with Gasteiger partial charge in [-0.3, -0.25) is 4.79 Å². The van der Waals surface area contributed by atoms with Crippen molar-refractivity contribution >= 4 is 17.2 Å². The van der Waals surface area contributed by atoms with Crippen molar-refractivity contribution in [3.63, 3.8) is 0 Å². The molecule has 3 heterocycles. The first-order valence-electron chi connectivity index (χ1n) is 7.41. The van der Waals surface area contributed by atoms with Crippen molar-refractivity contribution in [2.45, 2.75) is 45.1 Å². The lowest BCUT2D eigenvalue weighted by Gasteiger charge is -2.33. The third kappa shape index (κ3) is 3.15. The van der Waals surface area contributed by atoms with Gasteiger partial charge in [-0.1, -0.05) is 12.1 Å².